The van der Waals surface area contributed by atoms with E-state index in [9.17, 15) is 5.11 Å². The maximum atomic E-state index is 9.63. The molecule has 2 N–H and O–H groups in total. The predicted octanol–water partition coefficient (Wildman–Crippen LogP) is 4.59. The number of halogens is 2. The topological polar surface area (TPSA) is 32.3 Å². The van der Waals surface area contributed by atoms with Crippen molar-refractivity contribution in [2.24, 2.45) is 5.92 Å². The second-order valence-corrected chi connectivity index (χ2v) is 6.73. The molecule has 1 aromatic rings. The molecule has 1 saturated carbocycles. The lowest BCUT2D eigenvalue weighted by molar-refractivity contribution is 0.467. The largest absolute Gasteiger partial charge is 0.506 e. The monoisotopic (exact) mass is 375 g/mol. The van der Waals surface area contributed by atoms with Crippen molar-refractivity contribution < 1.29 is 5.11 Å². The second kappa shape index (κ2) is 6.92. The summed E-state index contributed by atoms with van der Waals surface area (Å²) in [6, 6.07) is 3.92. The van der Waals surface area contributed by atoms with Crippen molar-refractivity contribution in [2.75, 3.05) is 6.54 Å². The Kier molecular flexibility index (Phi) is 5.52. The third-order valence-electron chi connectivity index (χ3n) is 3.61. The summed E-state index contributed by atoms with van der Waals surface area (Å²) in [6.45, 7) is 1.94. The molecule has 0 heterocycles. The van der Waals surface area contributed by atoms with Gasteiger partial charge in [0.05, 0.1) is 8.95 Å². The summed E-state index contributed by atoms with van der Waals surface area (Å²) >= 11 is 6.70. The first kappa shape index (κ1) is 14.4. The Morgan fingerprint density at radius 1 is 1.17 bits per heavy atom. The van der Waals surface area contributed by atoms with E-state index in [1.54, 1.807) is 0 Å². The van der Waals surface area contributed by atoms with Crippen molar-refractivity contribution in [2.45, 2.75) is 38.6 Å². The first-order valence-corrected chi connectivity index (χ1v) is 8.13. The molecule has 0 aromatic heterocycles. The van der Waals surface area contributed by atoms with E-state index in [0.717, 1.165) is 28.0 Å². The van der Waals surface area contributed by atoms with Gasteiger partial charge in [0.2, 0.25) is 0 Å². The van der Waals surface area contributed by atoms with Gasteiger partial charge in [0.25, 0.3) is 0 Å². The van der Waals surface area contributed by atoms with Crippen LogP contribution in [-0.4, -0.2) is 11.7 Å². The molecule has 0 spiro atoms. The van der Waals surface area contributed by atoms with Gasteiger partial charge in [-0.1, -0.05) is 25.7 Å². The normalized spacial score (nSPS) is 16.3. The SMILES string of the molecule is Oc1c(Br)cc(CNCCC2CCCC2)cc1Br. The molecule has 18 heavy (non-hydrogen) atoms. The van der Waals surface area contributed by atoms with Crippen LogP contribution in [0.25, 0.3) is 0 Å². The van der Waals surface area contributed by atoms with Gasteiger partial charge in [-0.25, -0.2) is 0 Å². The third kappa shape index (κ3) is 3.97. The van der Waals surface area contributed by atoms with Crippen molar-refractivity contribution >= 4 is 31.9 Å². The number of benzene rings is 1. The molecule has 0 saturated heterocycles. The minimum atomic E-state index is 0.268. The van der Waals surface area contributed by atoms with E-state index in [-0.39, 0.29) is 5.75 Å². The Morgan fingerprint density at radius 2 is 1.78 bits per heavy atom. The van der Waals surface area contributed by atoms with E-state index in [0.29, 0.717) is 0 Å². The quantitative estimate of drug-likeness (QED) is 0.736. The summed E-state index contributed by atoms with van der Waals surface area (Å²) < 4.78 is 1.48. The summed E-state index contributed by atoms with van der Waals surface area (Å²) in [7, 11) is 0. The van der Waals surface area contributed by atoms with Crippen LogP contribution in [0.15, 0.2) is 21.1 Å². The minimum Gasteiger partial charge on any atom is -0.506 e. The Labute approximate surface area is 125 Å². The van der Waals surface area contributed by atoms with E-state index in [2.05, 4.69) is 37.2 Å². The zero-order valence-electron chi connectivity index (χ0n) is 10.4. The number of aromatic hydroxyl groups is 1. The van der Waals surface area contributed by atoms with Gasteiger partial charge >= 0.3 is 0 Å². The van der Waals surface area contributed by atoms with Crippen LogP contribution in [0.2, 0.25) is 0 Å². The standard InChI is InChI=1S/C14H19Br2NO/c15-12-7-11(8-13(16)14(12)18)9-17-6-5-10-3-1-2-4-10/h7-8,10,17-18H,1-6,9H2. The molecule has 1 aliphatic carbocycles. The molecule has 2 rings (SSSR count). The Balaban J connectivity index is 1.76. The lowest BCUT2D eigenvalue weighted by Gasteiger charge is -2.10. The number of hydrogen-bond acceptors (Lipinski definition) is 2. The van der Waals surface area contributed by atoms with Gasteiger partial charge in [0.1, 0.15) is 5.75 Å². The lowest BCUT2D eigenvalue weighted by Crippen LogP contribution is -2.17. The second-order valence-electron chi connectivity index (χ2n) is 5.02. The average Bonchev–Trinajstić information content (AvgIpc) is 2.84. The lowest BCUT2D eigenvalue weighted by atomic mass is 10.0. The first-order valence-electron chi connectivity index (χ1n) is 6.54. The fourth-order valence-corrected chi connectivity index (χ4v) is 3.84. The van der Waals surface area contributed by atoms with E-state index < -0.39 is 0 Å². The van der Waals surface area contributed by atoms with Crippen molar-refractivity contribution in [3.05, 3.63) is 26.6 Å². The van der Waals surface area contributed by atoms with Gasteiger partial charge in [-0.15, -0.1) is 0 Å². The van der Waals surface area contributed by atoms with Gasteiger partial charge < -0.3 is 10.4 Å². The minimum absolute atomic E-state index is 0.268. The predicted molar refractivity (Wildman–Crippen MR) is 81.8 cm³/mol. The highest BCUT2D eigenvalue weighted by Gasteiger charge is 2.14. The maximum Gasteiger partial charge on any atom is 0.143 e. The molecule has 0 unspecified atom stereocenters. The Bertz CT molecular complexity index is 380. The van der Waals surface area contributed by atoms with Gasteiger partial charge in [-0.2, -0.15) is 0 Å². The highest BCUT2D eigenvalue weighted by molar-refractivity contribution is 9.11. The molecule has 1 aliphatic rings. The first-order chi connectivity index (χ1) is 8.66. The van der Waals surface area contributed by atoms with Crippen LogP contribution in [0.5, 0.6) is 5.75 Å². The Morgan fingerprint density at radius 3 is 2.39 bits per heavy atom. The average molecular weight is 377 g/mol. The molecular weight excluding hydrogens is 358 g/mol. The molecular formula is C14H19Br2NO. The van der Waals surface area contributed by atoms with Crippen LogP contribution >= 0.6 is 31.9 Å². The Hall–Kier alpha value is -0.0600. The molecule has 0 amide bonds. The fraction of sp³-hybridized carbons (Fsp3) is 0.571. The van der Waals surface area contributed by atoms with Crippen LogP contribution in [0.3, 0.4) is 0 Å². The van der Waals surface area contributed by atoms with Gasteiger partial charge in [0.15, 0.2) is 0 Å². The smallest absolute Gasteiger partial charge is 0.143 e. The molecule has 0 atom stereocenters. The summed E-state index contributed by atoms with van der Waals surface area (Å²) in [5, 5.41) is 13.1. The van der Waals surface area contributed by atoms with Crippen LogP contribution < -0.4 is 5.32 Å². The van der Waals surface area contributed by atoms with Gasteiger partial charge in [-0.3, -0.25) is 0 Å². The zero-order chi connectivity index (χ0) is 13.0. The van der Waals surface area contributed by atoms with Crippen molar-refractivity contribution in [3.63, 3.8) is 0 Å². The van der Waals surface area contributed by atoms with Crippen molar-refractivity contribution in [1.82, 2.24) is 5.32 Å². The molecule has 0 aliphatic heterocycles. The van der Waals surface area contributed by atoms with Crippen molar-refractivity contribution in [3.8, 4) is 5.75 Å². The molecule has 0 radical (unpaired) electrons. The zero-order valence-corrected chi connectivity index (χ0v) is 13.6. The van der Waals surface area contributed by atoms with Crippen LogP contribution in [0.4, 0.5) is 0 Å². The summed E-state index contributed by atoms with van der Waals surface area (Å²) in [6.07, 6.45) is 6.96. The van der Waals surface area contributed by atoms with Crippen LogP contribution in [-0.2, 0) is 6.54 Å². The summed E-state index contributed by atoms with van der Waals surface area (Å²) in [5.41, 5.74) is 1.18. The number of nitrogens with one attached hydrogen (secondary N) is 1. The molecule has 1 aromatic carbocycles. The molecule has 0 bridgehead atoms. The molecule has 1 fully saturated rings. The number of phenols is 1. The number of rotatable bonds is 5. The van der Waals surface area contributed by atoms with Crippen LogP contribution in [0, 0.1) is 5.92 Å². The number of hydrogen-bond donors (Lipinski definition) is 2. The highest BCUT2D eigenvalue weighted by atomic mass is 79.9. The maximum absolute atomic E-state index is 9.63. The van der Waals surface area contributed by atoms with Crippen LogP contribution in [0.1, 0.15) is 37.7 Å². The molecule has 4 heteroatoms. The fourth-order valence-electron chi connectivity index (χ4n) is 2.56. The summed E-state index contributed by atoms with van der Waals surface area (Å²) in [4.78, 5) is 0. The number of phenolic OH excluding ortho intramolecular Hbond substituents is 1. The van der Waals surface area contributed by atoms with E-state index in [1.807, 2.05) is 12.1 Å². The summed E-state index contributed by atoms with van der Waals surface area (Å²) in [5.74, 6) is 1.21. The third-order valence-corrected chi connectivity index (χ3v) is 4.82. The van der Waals surface area contributed by atoms with Gasteiger partial charge in [-0.05, 0) is 68.4 Å². The van der Waals surface area contributed by atoms with E-state index >= 15 is 0 Å². The van der Waals surface area contributed by atoms with E-state index in [4.69, 9.17) is 0 Å². The molecule has 100 valence electrons. The molecule has 2 nitrogen and oxygen atoms in total. The van der Waals surface area contributed by atoms with Crippen molar-refractivity contribution in [1.29, 1.82) is 0 Å². The van der Waals surface area contributed by atoms with E-state index in [1.165, 1.54) is 37.7 Å². The van der Waals surface area contributed by atoms with Gasteiger partial charge in [0, 0.05) is 6.54 Å². The highest BCUT2D eigenvalue weighted by Crippen LogP contribution is 2.33.